The molecule has 3 amide bonds. The Morgan fingerprint density at radius 1 is 1.03 bits per heavy atom. The number of nitrogens with zero attached hydrogens (tertiary/aromatic N) is 4. The van der Waals surface area contributed by atoms with E-state index in [2.05, 4.69) is 15.5 Å². The van der Waals surface area contributed by atoms with E-state index in [4.69, 9.17) is 4.42 Å². The first kappa shape index (κ1) is 24.1. The molecule has 2 aliphatic rings. The van der Waals surface area contributed by atoms with Crippen molar-refractivity contribution < 1.29 is 18.8 Å². The van der Waals surface area contributed by atoms with E-state index in [-0.39, 0.29) is 36.7 Å². The minimum atomic E-state index is -0.286. The number of aromatic nitrogens is 2. The fourth-order valence-corrected chi connectivity index (χ4v) is 5.71. The molecule has 0 saturated carbocycles. The third-order valence-electron chi connectivity index (χ3n) is 6.91. The Hall–Kier alpha value is -4.31. The van der Waals surface area contributed by atoms with Gasteiger partial charge in [-0.1, -0.05) is 30.3 Å². The van der Waals surface area contributed by atoms with Gasteiger partial charge in [0, 0.05) is 23.5 Å². The van der Waals surface area contributed by atoms with Crippen LogP contribution in [0.1, 0.15) is 44.3 Å². The molecule has 10 heteroatoms. The lowest BCUT2D eigenvalue weighted by molar-refractivity contribution is -0.125. The Kier molecular flexibility index (Phi) is 6.47. The molecule has 4 heterocycles. The third kappa shape index (κ3) is 4.58. The molecule has 9 nitrogen and oxygen atoms in total. The molecule has 0 aliphatic carbocycles. The first-order chi connectivity index (χ1) is 18.6. The van der Waals surface area contributed by atoms with Crippen LogP contribution in [0.4, 0.5) is 5.69 Å². The highest BCUT2D eigenvalue weighted by Crippen LogP contribution is 2.35. The third-order valence-corrected chi connectivity index (χ3v) is 7.77. The molecular formula is C28H25N5O4S. The lowest BCUT2D eigenvalue weighted by atomic mass is 9.95. The van der Waals surface area contributed by atoms with E-state index < -0.39 is 0 Å². The standard InChI is InChI=1S/C28H25N5O4S/c34-25(29-15-23-30-31-26(37-23)18-7-2-1-3-8-18)19-9-5-13-32(16-19)22-12-4-11-21-24(22)28(36)33(27(21)35)17-20-10-6-14-38-20/h1-4,6-8,10-12,14,19H,5,9,13,15-17H2,(H,29,34)/t19-/m0/s1. The fraction of sp³-hybridized carbons (Fsp3) is 0.250. The minimum Gasteiger partial charge on any atom is -0.419 e. The second-order valence-electron chi connectivity index (χ2n) is 9.35. The zero-order valence-electron chi connectivity index (χ0n) is 20.5. The van der Waals surface area contributed by atoms with E-state index in [1.165, 1.54) is 16.2 Å². The average molecular weight is 528 g/mol. The summed E-state index contributed by atoms with van der Waals surface area (Å²) >= 11 is 1.52. The molecule has 0 spiro atoms. The molecule has 1 fully saturated rings. The number of amides is 3. The summed E-state index contributed by atoms with van der Waals surface area (Å²) < 4.78 is 5.70. The summed E-state index contributed by atoms with van der Waals surface area (Å²) in [5.41, 5.74) is 2.37. The van der Waals surface area contributed by atoms with Crippen molar-refractivity contribution in [3.8, 4) is 11.5 Å². The van der Waals surface area contributed by atoms with Crippen molar-refractivity contribution >= 4 is 34.7 Å². The molecule has 2 aliphatic heterocycles. The fourth-order valence-electron chi connectivity index (χ4n) is 5.02. The summed E-state index contributed by atoms with van der Waals surface area (Å²) in [6, 6.07) is 18.6. The molecule has 4 aromatic rings. The molecule has 2 aromatic heterocycles. The molecule has 1 N–H and O–H groups in total. The van der Waals surface area contributed by atoms with Crippen LogP contribution in [0.5, 0.6) is 0 Å². The highest BCUT2D eigenvalue weighted by molar-refractivity contribution is 7.09. The van der Waals surface area contributed by atoms with Gasteiger partial charge in [0.2, 0.25) is 17.7 Å². The Balaban J connectivity index is 1.13. The SMILES string of the molecule is O=C(NCc1nnc(-c2ccccc2)o1)[C@H]1CCCN(c2cccc3c2C(=O)N(Cc2cccs2)C3=O)C1. The lowest BCUT2D eigenvalue weighted by Crippen LogP contribution is -2.43. The summed E-state index contributed by atoms with van der Waals surface area (Å²) in [6.45, 7) is 1.56. The quantitative estimate of drug-likeness (QED) is 0.360. The topological polar surface area (TPSA) is 109 Å². The second kappa shape index (κ2) is 10.2. The van der Waals surface area contributed by atoms with Crippen LogP contribution in [0.15, 0.2) is 70.5 Å². The molecule has 1 saturated heterocycles. The number of anilines is 1. The molecule has 0 bridgehead atoms. The van der Waals surface area contributed by atoms with Gasteiger partial charge in [-0.15, -0.1) is 21.5 Å². The van der Waals surface area contributed by atoms with Gasteiger partial charge in [0.05, 0.1) is 35.8 Å². The Morgan fingerprint density at radius 3 is 2.71 bits per heavy atom. The van der Waals surface area contributed by atoms with Gasteiger partial charge in [0.25, 0.3) is 11.8 Å². The first-order valence-electron chi connectivity index (χ1n) is 12.5. The highest BCUT2D eigenvalue weighted by atomic mass is 32.1. The van der Waals surface area contributed by atoms with Crippen molar-refractivity contribution in [1.29, 1.82) is 0 Å². The largest absolute Gasteiger partial charge is 0.419 e. The maximum atomic E-state index is 13.4. The van der Waals surface area contributed by atoms with E-state index in [0.29, 0.717) is 41.7 Å². The lowest BCUT2D eigenvalue weighted by Gasteiger charge is -2.34. The molecule has 0 unspecified atom stereocenters. The highest BCUT2D eigenvalue weighted by Gasteiger charge is 2.39. The van der Waals surface area contributed by atoms with Gasteiger partial charge in [-0.3, -0.25) is 19.3 Å². The zero-order chi connectivity index (χ0) is 26.1. The summed E-state index contributed by atoms with van der Waals surface area (Å²) in [5, 5.41) is 13.0. The first-order valence-corrected chi connectivity index (χ1v) is 13.4. The van der Waals surface area contributed by atoms with Gasteiger partial charge in [-0.2, -0.15) is 0 Å². The summed E-state index contributed by atoms with van der Waals surface area (Å²) in [4.78, 5) is 43.8. The predicted molar refractivity (Wildman–Crippen MR) is 141 cm³/mol. The van der Waals surface area contributed by atoms with Crippen LogP contribution >= 0.6 is 11.3 Å². The predicted octanol–water partition coefficient (Wildman–Crippen LogP) is 4.13. The van der Waals surface area contributed by atoms with E-state index >= 15 is 0 Å². The minimum absolute atomic E-state index is 0.108. The second-order valence-corrected chi connectivity index (χ2v) is 10.4. The van der Waals surface area contributed by atoms with Crippen LogP contribution < -0.4 is 10.2 Å². The smallest absolute Gasteiger partial charge is 0.264 e. The molecular weight excluding hydrogens is 502 g/mol. The number of carbonyl (C=O) groups excluding carboxylic acids is 3. The number of hydrogen-bond acceptors (Lipinski definition) is 8. The summed E-state index contributed by atoms with van der Waals surface area (Å²) in [5.74, 6) is -0.203. The molecule has 38 heavy (non-hydrogen) atoms. The van der Waals surface area contributed by atoms with Crippen molar-refractivity contribution in [3.05, 3.63) is 87.9 Å². The Labute approximate surface area is 223 Å². The number of piperidine rings is 1. The molecule has 0 radical (unpaired) electrons. The number of rotatable bonds is 7. The molecule has 192 valence electrons. The summed E-state index contributed by atoms with van der Waals surface area (Å²) in [7, 11) is 0. The van der Waals surface area contributed by atoms with Crippen LogP contribution in [0, 0.1) is 5.92 Å². The maximum Gasteiger partial charge on any atom is 0.264 e. The number of fused-ring (bicyclic) bond motifs is 1. The van der Waals surface area contributed by atoms with Crippen molar-refractivity contribution in [1.82, 2.24) is 20.4 Å². The van der Waals surface area contributed by atoms with Crippen LogP contribution in [0.25, 0.3) is 11.5 Å². The molecule has 1 atom stereocenters. The monoisotopic (exact) mass is 527 g/mol. The van der Waals surface area contributed by atoms with Gasteiger partial charge in [0.15, 0.2) is 0 Å². The van der Waals surface area contributed by atoms with Crippen molar-refractivity contribution in [2.45, 2.75) is 25.9 Å². The van der Waals surface area contributed by atoms with Gasteiger partial charge < -0.3 is 14.6 Å². The number of nitrogens with one attached hydrogen (secondary N) is 1. The van der Waals surface area contributed by atoms with E-state index in [1.807, 2.05) is 58.8 Å². The molecule has 2 aromatic carbocycles. The number of imide groups is 1. The van der Waals surface area contributed by atoms with E-state index in [9.17, 15) is 14.4 Å². The average Bonchev–Trinajstić information content (AvgIpc) is 3.71. The van der Waals surface area contributed by atoms with Crippen molar-refractivity contribution in [3.63, 3.8) is 0 Å². The number of carbonyl (C=O) groups is 3. The van der Waals surface area contributed by atoms with Crippen LogP contribution in [0.2, 0.25) is 0 Å². The van der Waals surface area contributed by atoms with Crippen LogP contribution in [0.3, 0.4) is 0 Å². The number of hydrogen-bond donors (Lipinski definition) is 1. The molecule has 6 rings (SSSR count). The van der Waals surface area contributed by atoms with Gasteiger partial charge in [0.1, 0.15) is 0 Å². The van der Waals surface area contributed by atoms with Crippen LogP contribution in [-0.2, 0) is 17.9 Å². The van der Waals surface area contributed by atoms with Crippen LogP contribution in [-0.4, -0.2) is 45.9 Å². The van der Waals surface area contributed by atoms with Gasteiger partial charge in [-0.05, 0) is 48.6 Å². The Morgan fingerprint density at radius 2 is 1.89 bits per heavy atom. The van der Waals surface area contributed by atoms with Crippen molar-refractivity contribution in [2.75, 3.05) is 18.0 Å². The van der Waals surface area contributed by atoms with E-state index in [0.717, 1.165) is 23.3 Å². The maximum absolute atomic E-state index is 13.4. The Bertz CT molecular complexity index is 1480. The normalized spacial score (nSPS) is 17.1. The number of benzene rings is 2. The zero-order valence-corrected chi connectivity index (χ0v) is 21.3. The number of thiophene rings is 1. The van der Waals surface area contributed by atoms with Gasteiger partial charge in [-0.25, -0.2) is 0 Å². The van der Waals surface area contributed by atoms with Crippen molar-refractivity contribution in [2.24, 2.45) is 5.92 Å². The van der Waals surface area contributed by atoms with Gasteiger partial charge >= 0.3 is 0 Å². The summed E-state index contributed by atoms with van der Waals surface area (Å²) in [6.07, 6.45) is 1.52. The van der Waals surface area contributed by atoms with E-state index in [1.54, 1.807) is 12.1 Å².